The molecule has 2 saturated heterocycles. The van der Waals surface area contributed by atoms with Gasteiger partial charge in [0.15, 0.2) is 0 Å². The monoisotopic (exact) mass is 168 g/mol. The van der Waals surface area contributed by atoms with Gasteiger partial charge < -0.3 is 10.6 Å². The summed E-state index contributed by atoms with van der Waals surface area (Å²) in [6.07, 6.45) is 1.38. The van der Waals surface area contributed by atoms with E-state index in [4.69, 9.17) is 0 Å². The number of rotatable bonds is 1. The van der Waals surface area contributed by atoms with Gasteiger partial charge in [-0.15, -0.1) is 0 Å². The Bertz CT molecular complexity index is 156. The van der Waals surface area contributed by atoms with Crippen LogP contribution < -0.4 is 10.6 Å². The molecular weight excluding hydrogens is 148 g/mol. The van der Waals surface area contributed by atoms with Crippen molar-refractivity contribution in [1.29, 1.82) is 0 Å². The van der Waals surface area contributed by atoms with Gasteiger partial charge in [0.2, 0.25) is 0 Å². The number of fused-ring (bicyclic) bond motifs is 1. The first-order valence-corrected chi connectivity index (χ1v) is 5.23. The molecule has 0 aromatic heterocycles. The van der Waals surface area contributed by atoms with E-state index >= 15 is 0 Å². The van der Waals surface area contributed by atoms with Gasteiger partial charge >= 0.3 is 0 Å². The van der Waals surface area contributed by atoms with Crippen LogP contribution >= 0.6 is 0 Å². The molecule has 2 heterocycles. The van der Waals surface area contributed by atoms with Crippen molar-refractivity contribution < 1.29 is 0 Å². The van der Waals surface area contributed by atoms with Crippen molar-refractivity contribution in [1.82, 2.24) is 10.6 Å². The quantitative estimate of drug-likeness (QED) is 0.606. The van der Waals surface area contributed by atoms with E-state index in [1.165, 1.54) is 26.1 Å². The molecule has 3 unspecified atom stereocenters. The van der Waals surface area contributed by atoms with Crippen molar-refractivity contribution in [2.45, 2.75) is 26.3 Å². The maximum Gasteiger partial charge on any atom is 0.0122 e. The molecule has 0 aromatic rings. The number of piperidine rings is 1. The molecule has 70 valence electrons. The molecule has 0 aromatic carbocycles. The predicted molar refractivity (Wildman–Crippen MR) is 51.1 cm³/mol. The molecule has 2 heteroatoms. The zero-order chi connectivity index (χ0) is 8.55. The van der Waals surface area contributed by atoms with E-state index in [0.29, 0.717) is 0 Å². The first-order chi connectivity index (χ1) is 5.79. The smallest absolute Gasteiger partial charge is 0.0122 e. The van der Waals surface area contributed by atoms with Crippen LogP contribution in [-0.2, 0) is 0 Å². The third kappa shape index (κ3) is 1.38. The lowest BCUT2D eigenvalue weighted by atomic mass is 9.81. The molecule has 2 aliphatic heterocycles. The van der Waals surface area contributed by atoms with Crippen LogP contribution in [0.4, 0.5) is 0 Å². The second-order valence-corrected chi connectivity index (χ2v) is 4.59. The first kappa shape index (κ1) is 8.52. The van der Waals surface area contributed by atoms with Crippen LogP contribution in [0, 0.1) is 17.8 Å². The van der Waals surface area contributed by atoms with Crippen molar-refractivity contribution >= 4 is 0 Å². The molecule has 2 fully saturated rings. The summed E-state index contributed by atoms with van der Waals surface area (Å²) in [5, 5.41) is 7.13. The standard InChI is InChI=1S/C10H20N2/c1-7(2)10-9-3-4-11-5-8(9)6-12-10/h7-12H,3-6H2,1-2H3. The van der Waals surface area contributed by atoms with E-state index < -0.39 is 0 Å². The summed E-state index contributed by atoms with van der Waals surface area (Å²) in [4.78, 5) is 0. The Hall–Kier alpha value is -0.0800. The second-order valence-electron chi connectivity index (χ2n) is 4.59. The maximum absolute atomic E-state index is 3.66. The zero-order valence-electron chi connectivity index (χ0n) is 8.14. The normalized spacial score (nSPS) is 41.8. The van der Waals surface area contributed by atoms with Crippen LogP contribution in [0.15, 0.2) is 0 Å². The predicted octanol–water partition coefficient (Wildman–Crippen LogP) is 0.840. The molecule has 2 rings (SSSR count). The Labute approximate surface area is 75.1 Å². The van der Waals surface area contributed by atoms with Crippen LogP contribution in [0.25, 0.3) is 0 Å². The Morgan fingerprint density at radius 2 is 2.08 bits per heavy atom. The molecular formula is C10H20N2. The molecule has 0 radical (unpaired) electrons. The fourth-order valence-electron chi connectivity index (χ4n) is 2.81. The fraction of sp³-hybridized carbons (Fsp3) is 1.00. The summed E-state index contributed by atoms with van der Waals surface area (Å²) in [5.41, 5.74) is 0. The lowest BCUT2D eigenvalue weighted by Crippen LogP contribution is -2.40. The summed E-state index contributed by atoms with van der Waals surface area (Å²) < 4.78 is 0. The zero-order valence-corrected chi connectivity index (χ0v) is 8.14. The van der Waals surface area contributed by atoms with E-state index in [1.807, 2.05) is 0 Å². The minimum atomic E-state index is 0.789. The molecule has 2 nitrogen and oxygen atoms in total. The van der Waals surface area contributed by atoms with Crippen LogP contribution in [0.2, 0.25) is 0 Å². The SMILES string of the molecule is CC(C)C1NCC2CNCCC21. The van der Waals surface area contributed by atoms with Gasteiger partial charge in [-0.05, 0) is 43.8 Å². The maximum atomic E-state index is 3.66. The second kappa shape index (κ2) is 3.35. The summed E-state index contributed by atoms with van der Waals surface area (Å²) >= 11 is 0. The molecule has 0 amide bonds. The fourth-order valence-corrected chi connectivity index (χ4v) is 2.81. The summed E-state index contributed by atoms with van der Waals surface area (Å²) in [6.45, 7) is 8.37. The Balaban J connectivity index is 2.01. The van der Waals surface area contributed by atoms with Gasteiger partial charge in [0.05, 0.1) is 0 Å². The van der Waals surface area contributed by atoms with Crippen LogP contribution in [0.5, 0.6) is 0 Å². The van der Waals surface area contributed by atoms with Gasteiger partial charge in [0, 0.05) is 6.04 Å². The largest absolute Gasteiger partial charge is 0.316 e. The minimum Gasteiger partial charge on any atom is -0.316 e. The lowest BCUT2D eigenvalue weighted by molar-refractivity contribution is 0.249. The van der Waals surface area contributed by atoms with E-state index in [-0.39, 0.29) is 0 Å². The molecule has 0 bridgehead atoms. The highest BCUT2D eigenvalue weighted by Gasteiger charge is 2.38. The summed E-state index contributed by atoms with van der Waals surface area (Å²) in [7, 11) is 0. The number of nitrogens with one attached hydrogen (secondary N) is 2. The third-order valence-corrected chi connectivity index (χ3v) is 3.46. The third-order valence-electron chi connectivity index (χ3n) is 3.46. The minimum absolute atomic E-state index is 0.789. The number of hydrogen-bond donors (Lipinski definition) is 2. The Morgan fingerprint density at radius 3 is 2.83 bits per heavy atom. The van der Waals surface area contributed by atoms with Crippen LogP contribution in [0.3, 0.4) is 0 Å². The Kier molecular flexibility index (Phi) is 2.37. The Morgan fingerprint density at radius 1 is 1.25 bits per heavy atom. The van der Waals surface area contributed by atoms with Crippen molar-refractivity contribution in [3.8, 4) is 0 Å². The lowest BCUT2D eigenvalue weighted by Gasteiger charge is -2.30. The van der Waals surface area contributed by atoms with Gasteiger partial charge in [-0.2, -0.15) is 0 Å². The van der Waals surface area contributed by atoms with E-state index in [1.54, 1.807) is 0 Å². The first-order valence-electron chi connectivity index (χ1n) is 5.23. The van der Waals surface area contributed by atoms with Gasteiger partial charge in [0.25, 0.3) is 0 Å². The van der Waals surface area contributed by atoms with E-state index in [0.717, 1.165) is 23.8 Å². The molecule has 0 aliphatic carbocycles. The van der Waals surface area contributed by atoms with Gasteiger partial charge in [-0.3, -0.25) is 0 Å². The molecule has 2 N–H and O–H groups in total. The van der Waals surface area contributed by atoms with Crippen LogP contribution in [-0.4, -0.2) is 25.7 Å². The number of hydrogen-bond acceptors (Lipinski definition) is 2. The van der Waals surface area contributed by atoms with E-state index in [2.05, 4.69) is 24.5 Å². The topological polar surface area (TPSA) is 24.1 Å². The average Bonchev–Trinajstić information content (AvgIpc) is 2.47. The highest BCUT2D eigenvalue weighted by atomic mass is 15.0. The van der Waals surface area contributed by atoms with Crippen molar-refractivity contribution in [3.05, 3.63) is 0 Å². The van der Waals surface area contributed by atoms with Gasteiger partial charge in [0.1, 0.15) is 0 Å². The highest BCUT2D eigenvalue weighted by molar-refractivity contribution is 4.95. The molecule has 3 atom stereocenters. The highest BCUT2D eigenvalue weighted by Crippen LogP contribution is 2.31. The van der Waals surface area contributed by atoms with Crippen molar-refractivity contribution in [2.24, 2.45) is 17.8 Å². The van der Waals surface area contributed by atoms with Crippen molar-refractivity contribution in [2.75, 3.05) is 19.6 Å². The van der Waals surface area contributed by atoms with Crippen LogP contribution in [0.1, 0.15) is 20.3 Å². The summed E-state index contributed by atoms with van der Waals surface area (Å²) in [6, 6.07) is 0.789. The van der Waals surface area contributed by atoms with Gasteiger partial charge in [-0.25, -0.2) is 0 Å². The van der Waals surface area contributed by atoms with Gasteiger partial charge in [-0.1, -0.05) is 13.8 Å². The summed E-state index contributed by atoms with van der Waals surface area (Å²) in [5.74, 6) is 2.66. The van der Waals surface area contributed by atoms with Crippen molar-refractivity contribution in [3.63, 3.8) is 0 Å². The average molecular weight is 168 g/mol. The van der Waals surface area contributed by atoms with E-state index in [9.17, 15) is 0 Å². The molecule has 0 spiro atoms. The molecule has 12 heavy (non-hydrogen) atoms. The molecule has 0 saturated carbocycles. The molecule has 2 aliphatic rings.